The minimum atomic E-state index is -0.218. The zero-order valence-electron chi connectivity index (χ0n) is 14.1. The van der Waals surface area contributed by atoms with Crippen LogP contribution in [0.2, 0.25) is 0 Å². The molecule has 0 aliphatic heterocycles. The molecule has 20 heavy (non-hydrogen) atoms. The molecule has 2 atom stereocenters. The Morgan fingerprint density at radius 2 is 1.50 bits per heavy atom. The van der Waals surface area contributed by atoms with Crippen molar-refractivity contribution in [3.05, 3.63) is 0 Å². The monoisotopic (exact) mass is 283 g/mol. The van der Waals surface area contributed by atoms with Crippen LogP contribution in [0.15, 0.2) is 0 Å². The Bertz CT molecular complexity index is 264. The van der Waals surface area contributed by atoms with Crippen LogP contribution < -0.4 is 5.73 Å². The number of unbranched alkanes of at least 4 members (excludes halogenated alkanes) is 7. The van der Waals surface area contributed by atoms with E-state index in [0.717, 1.165) is 19.3 Å². The second-order valence-corrected chi connectivity index (χ2v) is 7.68. The third-order valence-corrected chi connectivity index (χ3v) is 5.52. The Morgan fingerprint density at radius 3 is 1.95 bits per heavy atom. The van der Waals surface area contributed by atoms with E-state index in [1.165, 1.54) is 51.4 Å². The van der Waals surface area contributed by atoms with E-state index in [-0.39, 0.29) is 16.9 Å². The van der Waals surface area contributed by atoms with Gasteiger partial charge in [-0.15, -0.1) is 0 Å². The number of aliphatic hydroxyl groups is 1. The largest absolute Gasteiger partial charge is 0.392 e. The summed E-state index contributed by atoms with van der Waals surface area (Å²) in [5.74, 6) is 0. The molecule has 0 aromatic rings. The van der Waals surface area contributed by atoms with Crippen molar-refractivity contribution in [2.24, 2.45) is 16.6 Å². The molecule has 2 unspecified atom stereocenters. The van der Waals surface area contributed by atoms with Crippen LogP contribution in [0.1, 0.15) is 91.4 Å². The van der Waals surface area contributed by atoms with E-state index >= 15 is 0 Å². The molecule has 0 spiro atoms. The van der Waals surface area contributed by atoms with Crippen molar-refractivity contribution in [3.8, 4) is 0 Å². The number of hydrogen-bond donors (Lipinski definition) is 2. The lowest BCUT2D eigenvalue weighted by Crippen LogP contribution is -2.42. The lowest BCUT2D eigenvalue weighted by molar-refractivity contribution is -0.0103. The molecule has 0 saturated heterocycles. The first-order chi connectivity index (χ1) is 9.48. The van der Waals surface area contributed by atoms with Crippen molar-refractivity contribution in [2.45, 2.75) is 97.5 Å². The maximum absolute atomic E-state index is 10.6. The zero-order valence-corrected chi connectivity index (χ0v) is 14.1. The van der Waals surface area contributed by atoms with Gasteiger partial charge in [0.15, 0.2) is 0 Å². The lowest BCUT2D eigenvalue weighted by Gasteiger charge is -2.36. The van der Waals surface area contributed by atoms with Gasteiger partial charge in [-0.3, -0.25) is 0 Å². The van der Waals surface area contributed by atoms with Crippen LogP contribution >= 0.6 is 0 Å². The van der Waals surface area contributed by atoms with E-state index in [2.05, 4.69) is 20.8 Å². The van der Waals surface area contributed by atoms with Gasteiger partial charge in [-0.1, -0.05) is 72.1 Å². The molecule has 0 amide bonds. The molecule has 1 rings (SSSR count). The molecule has 1 fully saturated rings. The van der Waals surface area contributed by atoms with Crippen molar-refractivity contribution in [1.29, 1.82) is 0 Å². The summed E-state index contributed by atoms with van der Waals surface area (Å²) in [7, 11) is 0. The van der Waals surface area contributed by atoms with Gasteiger partial charge in [0.25, 0.3) is 0 Å². The lowest BCUT2D eigenvalue weighted by atomic mass is 9.75. The number of aliphatic hydroxyl groups excluding tert-OH is 1. The van der Waals surface area contributed by atoms with E-state index in [0.29, 0.717) is 6.54 Å². The molecular weight excluding hydrogens is 246 g/mol. The molecule has 120 valence electrons. The van der Waals surface area contributed by atoms with E-state index in [4.69, 9.17) is 5.73 Å². The molecule has 2 heteroatoms. The van der Waals surface area contributed by atoms with Gasteiger partial charge < -0.3 is 10.8 Å². The Balaban J connectivity index is 2.20. The van der Waals surface area contributed by atoms with E-state index in [9.17, 15) is 5.11 Å². The molecular formula is C18H37NO. The first-order valence-corrected chi connectivity index (χ1v) is 8.87. The van der Waals surface area contributed by atoms with Crippen LogP contribution in [0, 0.1) is 10.8 Å². The number of rotatable bonds is 10. The van der Waals surface area contributed by atoms with Crippen LogP contribution in [0.4, 0.5) is 0 Å². The van der Waals surface area contributed by atoms with Crippen molar-refractivity contribution < 1.29 is 5.11 Å². The second kappa shape index (κ2) is 8.38. The molecule has 1 saturated carbocycles. The summed E-state index contributed by atoms with van der Waals surface area (Å²) in [6, 6.07) is 0. The Kier molecular flexibility index (Phi) is 7.53. The van der Waals surface area contributed by atoms with E-state index < -0.39 is 0 Å². The van der Waals surface area contributed by atoms with Gasteiger partial charge in [-0.25, -0.2) is 0 Å². The van der Waals surface area contributed by atoms with Crippen LogP contribution in [0.5, 0.6) is 0 Å². The number of nitrogens with two attached hydrogens (primary N) is 1. The minimum absolute atomic E-state index is 0.00567. The van der Waals surface area contributed by atoms with Crippen molar-refractivity contribution in [3.63, 3.8) is 0 Å². The fourth-order valence-electron chi connectivity index (χ4n) is 3.86. The van der Waals surface area contributed by atoms with Gasteiger partial charge in [-0.05, 0) is 24.7 Å². The topological polar surface area (TPSA) is 46.2 Å². The molecule has 0 aromatic carbocycles. The summed E-state index contributed by atoms with van der Waals surface area (Å²) in [4.78, 5) is 0. The van der Waals surface area contributed by atoms with Gasteiger partial charge in [0.1, 0.15) is 0 Å². The van der Waals surface area contributed by atoms with Gasteiger partial charge in [0.05, 0.1) is 6.10 Å². The highest BCUT2D eigenvalue weighted by Gasteiger charge is 2.50. The average molecular weight is 283 g/mol. The Morgan fingerprint density at radius 1 is 0.950 bits per heavy atom. The highest BCUT2D eigenvalue weighted by Crippen LogP contribution is 2.51. The third-order valence-electron chi connectivity index (χ3n) is 5.52. The molecule has 3 N–H and O–H groups in total. The summed E-state index contributed by atoms with van der Waals surface area (Å²) < 4.78 is 0. The summed E-state index contributed by atoms with van der Waals surface area (Å²) in [5, 5.41) is 10.6. The first kappa shape index (κ1) is 18.0. The van der Waals surface area contributed by atoms with Gasteiger partial charge in [-0.2, -0.15) is 0 Å². The molecule has 0 bridgehead atoms. The van der Waals surface area contributed by atoms with Crippen LogP contribution in [-0.4, -0.2) is 17.8 Å². The summed E-state index contributed by atoms with van der Waals surface area (Å²) >= 11 is 0. The van der Waals surface area contributed by atoms with E-state index in [1.807, 2.05) is 0 Å². The normalized spacial score (nSPS) is 28.9. The third kappa shape index (κ3) is 4.73. The summed E-state index contributed by atoms with van der Waals surface area (Å²) in [5.41, 5.74) is 6.08. The van der Waals surface area contributed by atoms with Crippen molar-refractivity contribution >= 4 is 0 Å². The molecule has 0 aromatic heterocycles. The highest BCUT2D eigenvalue weighted by molar-refractivity contribution is 5.01. The first-order valence-electron chi connectivity index (χ1n) is 8.87. The minimum Gasteiger partial charge on any atom is -0.392 e. The van der Waals surface area contributed by atoms with E-state index in [1.54, 1.807) is 0 Å². The molecule has 2 nitrogen and oxygen atoms in total. The smallest absolute Gasteiger partial charge is 0.0659 e. The summed E-state index contributed by atoms with van der Waals surface area (Å²) in [6.07, 6.45) is 13.9. The standard InChI is InChI=1S/C18H37NO/c1-4-5-6-7-8-9-10-11-12-18(15-19)14-13-17(2,3)16(18)20/h16,20H,4-15,19H2,1-3H3. The summed E-state index contributed by atoms with van der Waals surface area (Å²) in [6.45, 7) is 7.28. The Hall–Kier alpha value is -0.0800. The highest BCUT2D eigenvalue weighted by atomic mass is 16.3. The molecule has 0 heterocycles. The number of hydrogen-bond acceptors (Lipinski definition) is 2. The maximum Gasteiger partial charge on any atom is 0.0659 e. The molecule has 1 aliphatic rings. The van der Waals surface area contributed by atoms with Crippen LogP contribution in [0.25, 0.3) is 0 Å². The fraction of sp³-hybridized carbons (Fsp3) is 1.00. The van der Waals surface area contributed by atoms with Crippen molar-refractivity contribution in [2.75, 3.05) is 6.54 Å². The second-order valence-electron chi connectivity index (χ2n) is 7.68. The van der Waals surface area contributed by atoms with Crippen LogP contribution in [0.3, 0.4) is 0 Å². The predicted molar refractivity (Wildman–Crippen MR) is 87.7 cm³/mol. The molecule has 0 radical (unpaired) electrons. The van der Waals surface area contributed by atoms with Crippen molar-refractivity contribution in [1.82, 2.24) is 0 Å². The Labute approximate surface area is 126 Å². The molecule has 1 aliphatic carbocycles. The van der Waals surface area contributed by atoms with Gasteiger partial charge in [0, 0.05) is 12.0 Å². The fourth-order valence-corrected chi connectivity index (χ4v) is 3.86. The van der Waals surface area contributed by atoms with Gasteiger partial charge in [0.2, 0.25) is 0 Å². The maximum atomic E-state index is 10.6. The predicted octanol–water partition coefficient (Wildman–Crippen LogP) is 4.64. The SMILES string of the molecule is CCCCCCCCCCC1(CN)CCC(C)(C)C1O. The van der Waals surface area contributed by atoms with Crippen LogP contribution in [-0.2, 0) is 0 Å². The van der Waals surface area contributed by atoms with Gasteiger partial charge >= 0.3 is 0 Å². The average Bonchev–Trinajstić information content (AvgIpc) is 2.66. The zero-order chi connectivity index (χ0) is 15.1. The quantitative estimate of drug-likeness (QED) is 0.574.